The zero-order chi connectivity index (χ0) is 23.5. The quantitative estimate of drug-likeness (QED) is 0.355. The van der Waals surface area contributed by atoms with Gasteiger partial charge in [-0.15, -0.1) is 0 Å². The smallest absolute Gasteiger partial charge is 0.118 e. The van der Waals surface area contributed by atoms with Crippen molar-refractivity contribution in [3.8, 4) is 6.07 Å². The first kappa shape index (κ1) is 26.2. The van der Waals surface area contributed by atoms with E-state index in [-0.39, 0.29) is 0 Å². The maximum Gasteiger partial charge on any atom is 0.118 e. The van der Waals surface area contributed by atoms with E-state index in [0.29, 0.717) is 10.6 Å². The van der Waals surface area contributed by atoms with Crippen LogP contribution >= 0.6 is 27.5 Å². The highest BCUT2D eigenvalue weighted by Crippen LogP contribution is 2.19. The van der Waals surface area contributed by atoms with E-state index in [1.54, 1.807) is 12.1 Å². The van der Waals surface area contributed by atoms with Crippen LogP contribution in [0, 0.1) is 31.1 Å². The molecule has 0 aliphatic carbocycles. The molecular weight excluding hydrogens is 484 g/mol. The molecule has 3 nitrogen and oxygen atoms in total. The minimum atomic E-state index is 0.530. The molecule has 32 heavy (non-hydrogen) atoms. The molecule has 3 aromatic rings. The lowest BCUT2D eigenvalue weighted by Gasteiger charge is -2.12. The van der Waals surface area contributed by atoms with Crippen LogP contribution in [0.5, 0.6) is 0 Å². The average molecular weight is 516 g/mol. The van der Waals surface area contributed by atoms with Gasteiger partial charge >= 0.3 is 0 Å². The van der Waals surface area contributed by atoms with Crippen LogP contribution in [0.3, 0.4) is 0 Å². The molecule has 1 saturated heterocycles. The first-order chi connectivity index (χ1) is 15.3. The summed E-state index contributed by atoms with van der Waals surface area (Å²) in [7, 11) is 0. The fourth-order valence-electron chi connectivity index (χ4n) is 3.46. The topological polar surface area (TPSA) is 40.2 Å². The Hall–Kier alpha value is -2.06. The molecule has 0 bridgehead atoms. The van der Waals surface area contributed by atoms with Gasteiger partial charge in [-0.05, 0) is 80.6 Å². The number of rotatable bonds is 3. The SMILES string of the molecule is CCc1ccccc1Br.Cc1ccc(C#N)c(Cl)c1.Cc1ccc(CN2CC[C@H](C)C2)o1. The molecule has 5 heteroatoms. The number of nitriles is 1. The van der Waals surface area contributed by atoms with E-state index in [1.165, 1.54) is 29.5 Å². The fourth-order valence-corrected chi connectivity index (χ4v) is 4.30. The van der Waals surface area contributed by atoms with E-state index in [2.05, 4.69) is 58.9 Å². The number of hydrogen-bond donors (Lipinski definition) is 0. The highest BCUT2D eigenvalue weighted by atomic mass is 79.9. The molecule has 0 spiro atoms. The van der Waals surface area contributed by atoms with E-state index in [9.17, 15) is 0 Å². The molecule has 0 N–H and O–H groups in total. The zero-order valence-corrected chi connectivity index (χ0v) is 21.7. The van der Waals surface area contributed by atoms with E-state index in [4.69, 9.17) is 21.3 Å². The molecule has 0 unspecified atom stereocenters. The molecule has 170 valence electrons. The Morgan fingerprint density at radius 1 is 1.16 bits per heavy atom. The second kappa shape index (κ2) is 13.5. The summed E-state index contributed by atoms with van der Waals surface area (Å²) in [4.78, 5) is 2.46. The molecular formula is C27H32BrClN2O. The van der Waals surface area contributed by atoms with Crippen molar-refractivity contribution in [1.82, 2.24) is 4.90 Å². The monoisotopic (exact) mass is 514 g/mol. The molecule has 1 aliphatic heterocycles. The summed E-state index contributed by atoms with van der Waals surface area (Å²) in [5.41, 5.74) is 2.98. The van der Waals surface area contributed by atoms with Crippen LogP contribution in [0.4, 0.5) is 0 Å². The average Bonchev–Trinajstić information content (AvgIpc) is 3.37. The Kier molecular flexibility index (Phi) is 11.0. The Morgan fingerprint density at radius 3 is 2.41 bits per heavy atom. The molecule has 1 aromatic heterocycles. The van der Waals surface area contributed by atoms with Crippen LogP contribution in [0.15, 0.2) is 63.5 Å². The summed E-state index contributed by atoms with van der Waals surface area (Å²) in [6.07, 6.45) is 2.43. The third kappa shape index (κ3) is 8.82. The Morgan fingerprint density at radius 2 is 1.91 bits per heavy atom. The summed E-state index contributed by atoms with van der Waals surface area (Å²) in [5.74, 6) is 2.98. The largest absolute Gasteiger partial charge is 0.465 e. The van der Waals surface area contributed by atoms with Crippen molar-refractivity contribution in [2.45, 2.75) is 47.1 Å². The summed E-state index contributed by atoms with van der Waals surface area (Å²) < 4.78 is 6.75. The van der Waals surface area contributed by atoms with Gasteiger partial charge in [0.25, 0.3) is 0 Å². The van der Waals surface area contributed by atoms with Crippen LogP contribution in [-0.4, -0.2) is 18.0 Å². The highest BCUT2D eigenvalue weighted by molar-refractivity contribution is 9.10. The van der Waals surface area contributed by atoms with E-state index >= 15 is 0 Å². The third-order valence-corrected chi connectivity index (χ3v) is 6.35. The molecule has 1 fully saturated rings. The lowest BCUT2D eigenvalue weighted by Crippen LogP contribution is -2.19. The van der Waals surface area contributed by atoms with E-state index in [0.717, 1.165) is 36.0 Å². The van der Waals surface area contributed by atoms with Crippen molar-refractivity contribution in [2.24, 2.45) is 5.92 Å². The van der Waals surface area contributed by atoms with Crippen molar-refractivity contribution in [2.75, 3.05) is 13.1 Å². The fraction of sp³-hybridized carbons (Fsp3) is 0.370. The number of halogens is 2. The number of furan rings is 1. The number of hydrogen-bond acceptors (Lipinski definition) is 3. The third-order valence-electron chi connectivity index (χ3n) is 5.27. The van der Waals surface area contributed by atoms with Crippen LogP contribution < -0.4 is 0 Å². The molecule has 0 amide bonds. The second-order valence-electron chi connectivity index (χ2n) is 8.18. The first-order valence-electron chi connectivity index (χ1n) is 11.0. The standard InChI is InChI=1S/C11H17NO.C8H9Br.C8H6ClN/c1-9-5-6-12(7-9)8-11-4-3-10(2)13-11;1-2-7-5-3-4-6-8(7)9;1-6-2-3-7(5-10)8(9)4-6/h3-4,9H,5-8H2,1-2H3;3-6H,2H2,1H3;2-4H,1H3/t9-;;/m0../s1. The van der Waals surface area contributed by atoms with Crippen molar-refractivity contribution in [1.29, 1.82) is 5.26 Å². The number of benzene rings is 2. The first-order valence-corrected chi connectivity index (χ1v) is 12.2. The molecule has 4 rings (SSSR count). The maximum atomic E-state index is 8.47. The Bertz CT molecular complexity index is 1020. The van der Waals surface area contributed by atoms with Crippen LogP contribution in [0.2, 0.25) is 5.02 Å². The summed E-state index contributed by atoms with van der Waals surface area (Å²) in [6.45, 7) is 11.8. The molecule has 2 aromatic carbocycles. The number of aryl methyl sites for hydroxylation is 3. The van der Waals surface area contributed by atoms with Gasteiger partial charge in [0, 0.05) is 11.0 Å². The van der Waals surface area contributed by atoms with Gasteiger partial charge < -0.3 is 4.42 Å². The van der Waals surface area contributed by atoms with Gasteiger partial charge in [-0.1, -0.05) is 65.6 Å². The zero-order valence-electron chi connectivity index (χ0n) is 19.4. The summed E-state index contributed by atoms with van der Waals surface area (Å²) in [5, 5.41) is 9.00. The lowest BCUT2D eigenvalue weighted by molar-refractivity contribution is 0.286. The van der Waals surface area contributed by atoms with Gasteiger partial charge in [-0.3, -0.25) is 4.90 Å². The Balaban J connectivity index is 0.000000174. The van der Waals surface area contributed by atoms with Gasteiger partial charge in [0.15, 0.2) is 0 Å². The second-order valence-corrected chi connectivity index (χ2v) is 9.44. The van der Waals surface area contributed by atoms with Crippen LogP contribution in [0.1, 0.15) is 48.5 Å². The minimum absolute atomic E-state index is 0.530. The summed E-state index contributed by atoms with van der Waals surface area (Å²) >= 11 is 9.16. The normalized spacial score (nSPS) is 15.2. The molecule has 0 radical (unpaired) electrons. The molecule has 0 saturated carbocycles. The molecule has 1 aliphatic rings. The van der Waals surface area contributed by atoms with Crippen molar-refractivity contribution in [3.63, 3.8) is 0 Å². The minimum Gasteiger partial charge on any atom is -0.465 e. The number of likely N-dealkylation sites (tertiary alicyclic amines) is 1. The molecule has 1 atom stereocenters. The van der Waals surface area contributed by atoms with Gasteiger partial charge in [0.2, 0.25) is 0 Å². The van der Waals surface area contributed by atoms with Crippen LogP contribution in [-0.2, 0) is 13.0 Å². The van der Waals surface area contributed by atoms with Crippen LogP contribution in [0.25, 0.3) is 0 Å². The van der Waals surface area contributed by atoms with Crippen molar-refractivity contribution >= 4 is 27.5 Å². The van der Waals surface area contributed by atoms with E-state index < -0.39 is 0 Å². The van der Waals surface area contributed by atoms with Crippen molar-refractivity contribution < 1.29 is 4.42 Å². The summed E-state index contributed by atoms with van der Waals surface area (Å²) in [6, 6.07) is 19.8. The predicted octanol–water partition coefficient (Wildman–Crippen LogP) is 7.96. The van der Waals surface area contributed by atoms with Gasteiger partial charge in [-0.2, -0.15) is 5.26 Å². The Labute approximate surface area is 206 Å². The lowest BCUT2D eigenvalue weighted by atomic mass is 10.2. The van der Waals surface area contributed by atoms with E-state index in [1.807, 2.05) is 38.1 Å². The molecule has 2 heterocycles. The number of nitrogens with zero attached hydrogens (tertiary/aromatic N) is 2. The highest BCUT2D eigenvalue weighted by Gasteiger charge is 2.19. The van der Waals surface area contributed by atoms with Gasteiger partial charge in [0.05, 0.1) is 17.1 Å². The predicted molar refractivity (Wildman–Crippen MR) is 137 cm³/mol. The van der Waals surface area contributed by atoms with Gasteiger partial charge in [0.1, 0.15) is 17.6 Å². The van der Waals surface area contributed by atoms with Gasteiger partial charge in [-0.25, -0.2) is 0 Å². The maximum absolute atomic E-state index is 8.47. The van der Waals surface area contributed by atoms with Crippen molar-refractivity contribution in [3.05, 3.63) is 92.3 Å².